The highest BCUT2D eigenvalue weighted by Gasteiger charge is 2.41. The highest BCUT2D eigenvalue weighted by Crippen LogP contribution is 2.26. The quantitative estimate of drug-likeness (QED) is 0.0941. The van der Waals surface area contributed by atoms with Crippen LogP contribution < -0.4 is 4.74 Å². The summed E-state index contributed by atoms with van der Waals surface area (Å²) in [5, 5.41) is 0. The molecule has 0 unspecified atom stereocenters. The Morgan fingerprint density at radius 2 is 1.27 bits per heavy atom. The maximum Gasteiger partial charge on any atom is 0.573 e. The van der Waals surface area contributed by atoms with Crippen molar-refractivity contribution in [3.8, 4) is 5.75 Å². The van der Waals surface area contributed by atoms with E-state index < -0.39 is 90.4 Å². The standard InChI is InChI=1S/C39H52F4N2O10/c1-24(2)20-29(34(48)52-25(3)33(47)51-23-27-14-12-11-13-15-27)44(9)32(46)31(21-26-16-18-28(19-17-26)54-39(41,42)43)53-35(49)30(22-38(7,8)40)45(10)36(50)55-37(4,5)6/h11-19,24-25,29-31H,20-23H2,1-10H3/t25-,29+,30+,31-/m1/s1. The van der Waals surface area contributed by atoms with Crippen molar-refractivity contribution in [1.29, 1.82) is 0 Å². The molecule has 306 valence electrons. The predicted molar refractivity (Wildman–Crippen MR) is 192 cm³/mol. The number of hydrogen-bond donors (Lipinski definition) is 0. The molecule has 0 spiro atoms. The number of likely N-dealkylation sites (N-methyl/N-ethyl adjacent to an activating group) is 2. The van der Waals surface area contributed by atoms with Crippen LogP contribution in [0.25, 0.3) is 0 Å². The number of benzene rings is 2. The van der Waals surface area contributed by atoms with Gasteiger partial charge in [-0.3, -0.25) is 9.69 Å². The minimum Gasteiger partial charge on any atom is -0.458 e. The van der Waals surface area contributed by atoms with Crippen molar-refractivity contribution in [3.63, 3.8) is 0 Å². The van der Waals surface area contributed by atoms with Gasteiger partial charge in [0.1, 0.15) is 35.7 Å². The van der Waals surface area contributed by atoms with E-state index in [1.807, 2.05) is 0 Å². The lowest BCUT2D eigenvalue weighted by molar-refractivity contribution is -0.274. The van der Waals surface area contributed by atoms with E-state index in [4.69, 9.17) is 18.9 Å². The molecule has 0 bridgehead atoms. The summed E-state index contributed by atoms with van der Waals surface area (Å²) in [7, 11) is 2.46. The van der Waals surface area contributed by atoms with Crippen LogP contribution in [0.3, 0.4) is 0 Å². The number of carbonyl (C=O) groups excluding carboxylic acids is 5. The molecule has 2 aromatic carbocycles. The molecule has 2 amide bonds. The van der Waals surface area contributed by atoms with Gasteiger partial charge < -0.3 is 28.6 Å². The summed E-state index contributed by atoms with van der Waals surface area (Å²) in [6.45, 7) is 11.9. The third-order valence-electron chi connectivity index (χ3n) is 7.84. The van der Waals surface area contributed by atoms with Crippen LogP contribution in [0.4, 0.5) is 22.4 Å². The van der Waals surface area contributed by atoms with Crippen LogP contribution >= 0.6 is 0 Å². The van der Waals surface area contributed by atoms with Crippen LogP contribution in [0.5, 0.6) is 5.75 Å². The Hall–Kier alpha value is -4.89. The zero-order chi connectivity index (χ0) is 41.9. The average Bonchev–Trinajstić information content (AvgIpc) is 3.06. The second kappa shape index (κ2) is 19.6. The van der Waals surface area contributed by atoms with Gasteiger partial charge in [0.2, 0.25) is 0 Å². The first-order valence-corrected chi connectivity index (χ1v) is 17.6. The molecule has 0 aliphatic rings. The Morgan fingerprint density at radius 1 is 0.709 bits per heavy atom. The van der Waals surface area contributed by atoms with Gasteiger partial charge in [-0.15, -0.1) is 13.2 Å². The summed E-state index contributed by atoms with van der Waals surface area (Å²) < 4.78 is 79.2. The van der Waals surface area contributed by atoms with Crippen molar-refractivity contribution >= 4 is 29.9 Å². The van der Waals surface area contributed by atoms with E-state index in [1.54, 1.807) is 65.0 Å². The zero-order valence-corrected chi connectivity index (χ0v) is 32.9. The minimum atomic E-state index is -4.96. The number of halogens is 4. The number of carbonyl (C=O) groups is 5. The van der Waals surface area contributed by atoms with Gasteiger partial charge in [-0.2, -0.15) is 0 Å². The highest BCUT2D eigenvalue weighted by atomic mass is 19.4. The topological polar surface area (TPSA) is 138 Å². The predicted octanol–water partition coefficient (Wildman–Crippen LogP) is 6.96. The lowest BCUT2D eigenvalue weighted by Crippen LogP contribution is -2.52. The Bertz CT molecular complexity index is 1590. The van der Waals surface area contributed by atoms with E-state index in [0.717, 1.165) is 21.9 Å². The molecule has 0 fully saturated rings. The Balaban J connectivity index is 2.45. The molecule has 0 aromatic heterocycles. The Kier molecular flexibility index (Phi) is 16.5. The van der Waals surface area contributed by atoms with Gasteiger partial charge >= 0.3 is 30.4 Å². The van der Waals surface area contributed by atoms with Crippen LogP contribution in [-0.4, -0.2) is 95.7 Å². The molecule has 0 N–H and O–H groups in total. The fraction of sp³-hybridized carbons (Fsp3) is 0.564. The minimum absolute atomic E-state index is 0.0387. The van der Waals surface area contributed by atoms with Crippen molar-refractivity contribution in [3.05, 3.63) is 65.7 Å². The van der Waals surface area contributed by atoms with E-state index in [-0.39, 0.29) is 24.5 Å². The van der Waals surface area contributed by atoms with Crippen molar-refractivity contribution in [1.82, 2.24) is 9.80 Å². The first kappa shape index (κ1) is 46.3. The molecule has 12 nitrogen and oxygen atoms in total. The van der Waals surface area contributed by atoms with Gasteiger partial charge in [-0.25, -0.2) is 23.6 Å². The van der Waals surface area contributed by atoms with E-state index in [9.17, 15) is 37.1 Å². The fourth-order valence-corrected chi connectivity index (χ4v) is 5.13. The maximum atomic E-state index is 15.1. The maximum absolute atomic E-state index is 15.1. The van der Waals surface area contributed by atoms with Crippen LogP contribution in [0, 0.1) is 5.92 Å². The van der Waals surface area contributed by atoms with E-state index in [0.29, 0.717) is 5.56 Å². The number of alkyl halides is 4. The third kappa shape index (κ3) is 16.6. The second-order valence-electron chi connectivity index (χ2n) is 15.1. The van der Waals surface area contributed by atoms with Gasteiger partial charge in [0, 0.05) is 26.9 Å². The number of rotatable bonds is 17. The SMILES string of the molecule is CC(C)C[C@@H](C(=O)O[C@H](C)C(=O)OCc1ccccc1)N(C)C(=O)[C@@H](Cc1ccc(OC(F)(F)F)cc1)OC(=O)[C@H](CC(C)(C)F)N(C)C(=O)OC(C)(C)C. The van der Waals surface area contributed by atoms with E-state index >= 15 is 4.39 Å². The van der Waals surface area contributed by atoms with Gasteiger partial charge in [-0.1, -0.05) is 56.3 Å². The second-order valence-corrected chi connectivity index (χ2v) is 15.1. The molecular weight excluding hydrogens is 732 g/mol. The zero-order valence-electron chi connectivity index (χ0n) is 32.9. The molecule has 16 heteroatoms. The highest BCUT2D eigenvalue weighted by molar-refractivity contribution is 5.90. The van der Waals surface area contributed by atoms with Crippen molar-refractivity contribution in [2.24, 2.45) is 5.92 Å². The van der Waals surface area contributed by atoms with Crippen LogP contribution in [0.2, 0.25) is 0 Å². The summed E-state index contributed by atoms with van der Waals surface area (Å²) in [5.41, 5.74) is -2.08. The average molecular weight is 785 g/mol. The molecule has 2 rings (SSSR count). The number of hydrogen-bond acceptors (Lipinski definition) is 10. The summed E-state index contributed by atoms with van der Waals surface area (Å²) in [5.74, 6) is -4.68. The van der Waals surface area contributed by atoms with Gasteiger partial charge in [0.15, 0.2) is 12.2 Å². The first-order chi connectivity index (χ1) is 25.3. The molecule has 0 aliphatic heterocycles. The number of nitrogens with zero attached hydrogens (tertiary/aromatic N) is 2. The van der Waals surface area contributed by atoms with Crippen LogP contribution in [-0.2, 0) is 51.2 Å². The molecule has 4 atom stereocenters. The number of esters is 3. The summed E-state index contributed by atoms with van der Waals surface area (Å²) in [6, 6.07) is 10.3. The largest absolute Gasteiger partial charge is 0.573 e. The lowest BCUT2D eigenvalue weighted by atomic mass is 9.99. The van der Waals surface area contributed by atoms with Crippen LogP contribution in [0.15, 0.2) is 54.6 Å². The third-order valence-corrected chi connectivity index (χ3v) is 7.84. The van der Waals surface area contributed by atoms with Gasteiger partial charge in [0.25, 0.3) is 5.91 Å². The molecule has 0 radical (unpaired) electrons. The van der Waals surface area contributed by atoms with Crippen molar-refractivity contribution < 1.29 is 65.2 Å². The first-order valence-electron chi connectivity index (χ1n) is 17.6. The molecule has 2 aromatic rings. The van der Waals surface area contributed by atoms with Crippen molar-refractivity contribution in [2.45, 2.75) is 123 Å². The normalized spacial score (nSPS) is 14.2. The van der Waals surface area contributed by atoms with E-state index in [1.165, 1.54) is 47.0 Å². The summed E-state index contributed by atoms with van der Waals surface area (Å²) >= 11 is 0. The Labute approximate surface area is 319 Å². The Morgan fingerprint density at radius 3 is 1.78 bits per heavy atom. The lowest BCUT2D eigenvalue weighted by Gasteiger charge is -2.34. The molecule has 0 saturated carbocycles. The monoisotopic (exact) mass is 784 g/mol. The molecule has 0 heterocycles. The van der Waals surface area contributed by atoms with E-state index in [2.05, 4.69) is 4.74 Å². The molecular formula is C39H52F4N2O10. The molecule has 0 aliphatic carbocycles. The van der Waals surface area contributed by atoms with Crippen molar-refractivity contribution in [2.75, 3.05) is 14.1 Å². The van der Waals surface area contributed by atoms with Gasteiger partial charge in [0.05, 0.1) is 0 Å². The fourth-order valence-electron chi connectivity index (χ4n) is 5.13. The number of amides is 2. The smallest absolute Gasteiger partial charge is 0.458 e. The van der Waals surface area contributed by atoms with Gasteiger partial charge in [-0.05, 0) is 77.1 Å². The summed E-state index contributed by atoms with van der Waals surface area (Å²) in [6.07, 6.45) is -10.0. The molecule has 0 saturated heterocycles. The van der Waals surface area contributed by atoms with Crippen LogP contribution in [0.1, 0.15) is 79.4 Å². The molecule has 55 heavy (non-hydrogen) atoms. The summed E-state index contributed by atoms with van der Waals surface area (Å²) in [4.78, 5) is 69.2. The number of ether oxygens (including phenoxy) is 5.